The van der Waals surface area contributed by atoms with Crippen LogP contribution in [0.2, 0.25) is 0 Å². The van der Waals surface area contributed by atoms with Crippen molar-refractivity contribution in [2.45, 2.75) is 44.4 Å². The third-order valence-electron chi connectivity index (χ3n) is 4.57. The van der Waals surface area contributed by atoms with Gasteiger partial charge in [-0.3, -0.25) is 4.68 Å². The molecule has 0 bridgehead atoms. The van der Waals surface area contributed by atoms with Crippen LogP contribution in [0.25, 0.3) is 0 Å². The molecule has 1 aromatic carbocycles. The van der Waals surface area contributed by atoms with E-state index in [1.54, 1.807) is 23.0 Å². The number of hydrogen-bond acceptors (Lipinski definition) is 4. The first-order chi connectivity index (χ1) is 12.0. The van der Waals surface area contributed by atoms with E-state index in [0.29, 0.717) is 18.9 Å². The molecule has 0 spiro atoms. The van der Waals surface area contributed by atoms with Crippen LogP contribution in [0.5, 0.6) is 0 Å². The van der Waals surface area contributed by atoms with Crippen molar-refractivity contribution in [2.24, 2.45) is 7.05 Å². The van der Waals surface area contributed by atoms with Crippen LogP contribution in [0.4, 0.5) is 4.79 Å². The minimum atomic E-state index is -0.782. The molecule has 134 valence electrons. The van der Waals surface area contributed by atoms with Crippen LogP contribution in [0, 0.1) is 0 Å². The van der Waals surface area contributed by atoms with Crippen molar-refractivity contribution in [3.05, 3.63) is 48.0 Å². The molecule has 1 saturated carbocycles. The van der Waals surface area contributed by atoms with Crippen molar-refractivity contribution in [3.63, 3.8) is 0 Å². The molecule has 2 aromatic rings. The number of amides is 2. The Hall–Kier alpha value is -2.41. The quantitative estimate of drug-likeness (QED) is 0.838. The van der Waals surface area contributed by atoms with E-state index in [1.807, 2.05) is 30.3 Å². The molecule has 0 radical (unpaired) electrons. The Kier molecular flexibility index (Phi) is 5.33. The van der Waals surface area contributed by atoms with Gasteiger partial charge in [0.15, 0.2) is 5.82 Å². The number of urea groups is 1. The van der Waals surface area contributed by atoms with Gasteiger partial charge in [0, 0.05) is 13.6 Å². The number of rotatable bonds is 6. The maximum absolute atomic E-state index is 12.7. The van der Waals surface area contributed by atoms with Crippen LogP contribution < -0.4 is 5.32 Å². The number of carbonyl (C=O) groups excluding carboxylic acids is 1. The molecule has 1 aliphatic carbocycles. The lowest BCUT2D eigenvalue weighted by Crippen LogP contribution is -2.47. The molecule has 1 heterocycles. The summed E-state index contributed by atoms with van der Waals surface area (Å²) in [6.07, 6.45) is 5.11. The van der Waals surface area contributed by atoms with Crippen LogP contribution in [0.3, 0.4) is 0 Å². The highest BCUT2D eigenvalue weighted by Gasteiger charge is 2.34. The minimum Gasteiger partial charge on any atom is -0.388 e. The summed E-state index contributed by atoms with van der Waals surface area (Å²) in [4.78, 5) is 18.5. The summed E-state index contributed by atoms with van der Waals surface area (Å²) < 4.78 is 1.60. The predicted molar refractivity (Wildman–Crippen MR) is 93.5 cm³/mol. The number of hydrogen-bond donors (Lipinski definition) is 2. The number of nitrogens with zero attached hydrogens (tertiary/aromatic N) is 4. The summed E-state index contributed by atoms with van der Waals surface area (Å²) in [5, 5.41) is 17.8. The summed E-state index contributed by atoms with van der Waals surface area (Å²) in [7, 11) is 1.79. The lowest BCUT2D eigenvalue weighted by molar-refractivity contribution is 0.0175. The summed E-state index contributed by atoms with van der Waals surface area (Å²) in [6, 6.07) is 9.61. The molecule has 7 nitrogen and oxygen atoms in total. The molecule has 1 aromatic heterocycles. The maximum Gasteiger partial charge on any atom is 0.318 e. The van der Waals surface area contributed by atoms with Gasteiger partial charge >= 0.3 is 6.03 Å². The zero-order chi connectivity index (χ0) is 17.7. The molecule has 1 aliphatic rings. The van der Waals surface area contributed by atoms with Gasteiger partial charge in [-0.25, -0.2) is 9.78 Å². The average molecular weight is 343 g/mol. The van der Waals surface area contributed by atoms with Crippen LogP contribution in [-0.2, 0) is 20.1 Å². The molecule has 0 unspecified atom stereocenters. The fourth-order valence-corrected chi connectivity index (χ4v) is 3.28. The molecule has 2 N–H and O–H groups in total. The monoisotopic (exact) mass is 343 g/mol. The van der Waals surface area contributed by atoms with Crippen molar-refractivity contribution >= 4 is 6.03 Å². The lowest BCUT2D eigenvalue weighted by atomic mass is 10.0. The molecule has 2 amide bonds. The highest BCUT2D eigenvalue weighted by atomic mass is 16.3. The van der Waals surface area contributed by atoms with Crippen molar-refractivity contribution < 1.29 is 9.90 Å². The zero-order valence-corrected chi connectivity index (χ0v) is 14.6. The maximum atomic E-state index is 12.7. The topological polar surface area (TPSA) is 83.3 Å². The van der Waals surface area contributed by atoms with Gasteiger partial charge < -0.3 is 15.3 Å². The summed E-state index contributed by atoms with van der Waals surface area (Å²) in [5.41, 5.74) is 0.255. The predicted octanol–water partition coefficient (Wildman–Crippen LogP) is 1.83. The van der Waals surface area contributed by atoms with E-state index in [0.717, 1.165) is 31.2 Å². The second kappa shape index (κ2) is 7.65. The lowest BCUT2D eigenvalue weighted by Gasteiger charge is -2.31. The number of aryl methyl sites for hydroxylation is 1. The van der Waals surface area contributed by atoms with Crippen LogP contribution in [-0.4, -0.2) is 42.9 Å². The Morgan fingerprint density at radius 3 is 2.68 bits per heavy atom. The summed E-state index contributed by atoms with van der Waals surface area (Å²) in [5.74, 6) is 0.565. The van der Waals surface area contributed by atoms with Gasteiger partial charge in [0.05, 0.1) is 18.7 Å². The summed E-state index contributed by atoms with van der Waals surface area (Å²) >= 11 is 0. The first-order valence-electron chi connectivity index (χ1n) is 8.68. The van der Waals surface area contributed by atoms with Crippen LogP contribution >= 0.6 is 0 Å². The van der Waals surface area contributed by atoms with Gasteiger partial charge in [0.1, 0.15) is 6.33 Å². The molecule has 3 rings (SSSR count). The fourth-order valence-electron chi connectivity index (χ4n) is 3.28. The van der Waals surface area contributed by atoms with Crippen molar-refractivity contribution in [2.75, 3.05) is 6.54 Å². The van der Waals surface area contributed by atoms with Gasteiger partial charge in [0.2, 0.25) is 0 Å². The molecule has 25 heavy (non-hydrogen) atoms. The molecule has 1 fully saturated rings. The SMILES string of the molecule is Cn1cnc(CNC(=O)N(Cc2ccccc2)CC2(O)CCCC2)n1. The van der Waals surface area contributed by atoms with Gasteiger partial charge in [-0.1, -0.05) is 43.2 Å². The van der Waals surface area contributed by atoms with Crippen LogP contribution in [0.1, 0.15) is 37.1 Å². The van der Waals surface area contributed by atoms with Crippen molar-refractivity contribution in [1.82, 2.24) is 25.0 Å². The fraction of sp³-hybridized carbons (Fsp3) is 0.500. The number of aromatic nitrogens is 3. The zero-order valence-electron chi connectivity index (χ0n) is 14.6. The van der Waals surface area contributed by atoms with E-state index in [4.69, 9.17) is 0 Å². The number of carbonyl (C=O) groups is 1. The van der Waals surface area contributed by atoms with Gasteiger partial charge in [-0.2, -0.15) is 5.10 Å². The van der Waals surface area contributed by atoms with E-state index in [-0.39, 0.29) is 12.6 Å². The first-order valence-corrected chi connectivity index (χ1v) is 8.68. The third-order valence-corrected chi connectivity index (χ3v) is 4.57. The first kappa shape index (κ1) is 17.4. The third kappa shape index (κ3) is 4.79. The van der Waals surface area contributed by atoms with E-state index in [9.17, 15) is 9.90 Å². The highest BCUT2D eigenvalue weighted by Crippen LogP contribution is 2.30. The van der Waals surface area contributed by atoms with E-state index in [2.05, 4.69) is 15.4 Å². The van der Waals surface area contributed by atoms with Crippen molar-refractivity contribution in [1.29, 1.82) is 0 Å². The molecule has 7 heteroatoms. The minimum absolute atomic E-state index is 0.211. The number of aliphatic hydroxyl groups is 1. The molecule has 0 aliphatic heterocycles. The van der Waals surface area contributed by atoms with Crippen molar-refractivity contribution in [3.8, 4) is 0 Å². The normalized spacial score (nSPS) is 15.9. The number of nitrogens with one attached hydrogen (secondary N) is 1. The largest absolute Gasteiger partial charge is 0.388 e. The Morgan fingerprint density at radius 1 is 1.32 bits per heavy atom. The van der Waals surface area contributed by atoms with Gasteiger partial charge in [0.25, 0.3) is 0 Å². The Morgan fingerprint density at radius 2 is 2.04 bits per heavy atom. The molecule has 0 saturated heterocycles. The Balaban J connectivity index is 1.66. The van der Waals surface area contributed by atoms with Gasteiger partial charge in [-0.15, -0.1) is 0 Å². The van der Waals surface area contributed by atoms with E-state index >= 15 is 0 Å². The molecular weight excluding hydrogens is 318 g/mol. The van der Waals surface area contributed by atoms with E-state index < -0.39 is 5.60 Å². The second-order valence-electron chi connectivity index (χ2n) is 6.77. The average Bonchev–Trinajstić information content (AvgIpc) is 3.21. The molecular formula is C18H25N5O2. The number of benzene rings is 1. The Bertz CT molecular complexity index is 695. The highest BCUT2D eigenvalue weighted by molar-refractivity contribution is 5.74. The van der Waals surface area contributed by atoms with Crippen LogP contribution in [0.15, 0.2) is 36.7 Å². The van der Waals surface area contributed by atoms with Gasteiger partial charge in [-0.05, 0) is 18.4 Å². The smallest absolute Gasteiger partial charge is 0.318 e. The standard InChI is InChI=1S/C18H25N5O2/c1-22-14-20-16(21-22)11-19-17(24)23(12-15-7-3-2-4-8-15)13-18(25)9-5-6-10-18/h2-4,7-8,14,25H,5-6,9-13H2,1H3,(H,19,24). The summed E-state index contributed by atoms with van der Waals surface area (Å²) in [6.45, 7) is 1.07. The second-order valence-corrected chi connectivity index (χ2v) is 6.77. The Labute approximate surface area is 147 Å². The molecule has 0 atom stereocenters. The van der Waals surface area contributed by atoms with E-state index in [1.165, 1.54) is 0 Å².